The average Bonchev–Trinajstić information content (AvgIpc) is 2.50. The van der Waals surface area contributed by atoms with Crippen LogP contribution in [0.1, 0.15) is 97.3 Å². The van der Waals surface area contributed by atoms with E-state index in [1.807, 2.05) is 0 Å². The Hall–Kier alpha value is -0.610. The van der Waals surface area contributed by atoms with Crippen LogP contribution >= 0.6 is 11.6 Å². The van der Waals surface area contributed by atoms with Gasteiger partial charge in [-0.25, -0.2) is 0 Å². The fourth-order valence-corrected chi connectivity index (χ4v) is 3.17. The molecule has 0 heterocycles. The van der Waals surface area contributed by atoms with Gasteiger partial charge in [0.05, 0.1) is 6.10 Å². The maximum Gasteiger partial charge on any atom is 0.303 e. The van der Waals surface area contributed by atoms with Gasteiger partial charge in [0.2, 0.25) is 0 Å². The number of carbonyl (C=O) groups excluding carboxylic acids is 1. The quantitative estimate of drug-likeness (QED) is 0.296. The lowest BCUT2D eigenvalue weighted by molar-refractivity contribution is -0.137. The maximum absolute atomic E-state index is 11.9. The van der Waals surface area contributed by atoms with E-state index in [-0.39, 0.29) is 18.3 Å². The van der Waals surface area contributed by atoms with Crippen molar-refractivity contribution in [2.24, 2.45) is 0 Å². The van der Waals surface area contributed by atoms with Crippen LogP contribution in [-0.2, 0) is 9.59 Å². The number of halogens is 1. The fraction of sp³-hybridized carbons (Fsp3) is 0.895. The molecule has 0 aromatic heterocycles. The van der Waals surface area contributed by atoms with E-state index in [4.69, 9.17) is 16.7 Å². The minimum absolute atomic E-state index is 0.00447. The molecule has 0 amide bonds. The van der Waals surface area contributed by atoms with Gasteiger partial charge >= 0.3 is 5.97 Å². The molecule has 0 rings (SSSR count). The Balaban J connectivity index is 3.99. The smallest absolute Gasteiger partial charge is 0.303 e. The molecule has 1 unspecified atom stereocenters. The summed E-state index contributed by atoms with van der Waals surface area (Å²) in [7, 11) is 0. The van der Waals surface area contributed by atoms with E-state index >= 15 is 0 Å². The van der Waals surface area contributed by atoms with E-state index in [1.165, 1.54) is 6.92 Å². The summed E-state index contributed by atoms with van der Waals surface area (Å²) < 4.78 is 0. The van der Waals surface area contributed by atoms with Crippen molar-refractivity contribution in [2.75, 3.05) is 0 Å². The molecule has 0 bridgehead atoms. The first-order valence-corrected chi connectivity index (χ1v) is 9.79. The normalized spacial score (nSPS) is 15.0. The Kier molecular flexibility index (Phi) is 13.3. The third-order valence-electron chi connectivity index (χ3n) is 4.60. The predicted octanol–water partition coefficient (Wildman–Crippen LogP) is 5.09. The summed E-state index contributed by atoms with van der Waals surface area (Å²) in [5, 5.41) is 18.5. The van der Waals surface area contributed by atoms with Crippen molar-refractivity contribution in [3.63, 3.8) is 0 Å². The third-order valence-corrected chi connectivity index (χ3v) is 5.24. The van der Waals surface area contributed by atoms with Gasteiger partial charge in [0, 0.05) is 6.42 Å². The number of aliphatic hydroxyl groups is 1. The molecule has 0 fully saturated rings. The molecule has 0 saturated heterocycles. The first-order valence-electron chi connectivity index (χ1n) is 9.41. The van der Waals surface area contributed by atoms with Crippen molar-refractivity contribution in [1.82, 2.24) is 0 Å². The molecule has 0 radical (unpaired) electrons. The molecule has 0 aromatic rings. The third kappa shape index (κ3) is 11.9. The lowest BCUT2D eigenvalue weighted by atomic mass is 9.90. The number of unbranched alkanes of at least 4 members (excludes halogenated alkanes) is 5. The monoisotopic (exact) mass is 362 g/mol. The Morgan fingerprint density at radius 2 is 1.54 bits per heavy atom. The van der Waals surface area contributed by atoms with E-state index in [0.717, 1.165) is 51.4 Å². The first kappa shape index (κ1) is 23.4. The maximum atomic E-state index is 11.9. The number of ketones is 1. The van der Waals surface area contributed by atoms with Gasteiger partial charge in [0.1, 0.15) is 4.87 Å². The van der Waals surface area contributed by atoms with Crippen molar-refractivity contribution in [3.8, 4) is 0 Å². The van der Waals surface area contributed by atoms with Crippen molar-refractivity contribution in [2.45, 2.75) is 108 Å². The van der Waals surface area contributed by atoms with Gasteiger partial charge in [0.25, 0.3) is 0 Å². The zero-order valence-electron chi connectivity index (χ0n) is 15.4. The van der Waals surface area contributed by atoms with E-state index in [1.54, 1.807) is 0 Å². The number of carboxylic acids is 1. The lowest BCUT2D eigenvalue weighted by Gasteiger charge is -2.24. The zero-order valence-corrected chi connectivity index (χ0v) is 16.1. The SMILES string of the molecule is CCCCC[C@@H](O)CCCC(Cl)(CCCCCCC(=O)O)C(C)=O. The lowest BCUT2D eigenvalue weighted by Crippen LogP contribution is -2.30. The highest BCUT2D eigenvalue weighted by atomic mass is 35.5. The van der Waals surface area contributed by atoms with Crippen LogP contribution < -0.4 is 0 Å². The van der Waals surface area contributed by atoms with Gasteiger partial charge in [-0.1, -0.05) is 45.4 Å². The number of hydrogen-bond acceptors (Lipinski definition) is 3. The summed E-state index contributed by atoms with van der Waals surface area (Å²) in [6, 6.07) is 0. The average molecular weight is 363 g/mol. The molecule has 0 aromatic carbocycles. The number of aliphatic hydroxyl groups excluding tert-OH is 1. The number of carboxylic acid groups (broad SMARTS) is 1. The van der Waals surface area contributed by atoms with Crippen LogP contribution in [-0.4, -0.2) is 32.9 Å². The van der Waals surface area contributed by atoms with Crippen LogP contribution in [0, 0.1) is 0 Å². The number of aliphatic carboxylic acids is 1. The number of carbonyl (C=O) groups is 2. The number of Topliss-reactive ketones (excluding diaryl/α,β-unsaturated/α-hetero) is 1. The molecule has 2 N–H and O–H groups in total. The molecule has 0 aliphatic heterocycles. The second-order valence-electron chi connectivity index (χ2n) is 6.87. The number of rotatable bonds is 16. The topological polar surface area (TPSA) is 74.6 Å². The van der Waals surface area contributed by atoms with Gasteiger partial charge in [-0.05, 0) is 45.4 Å². The molecular formula is C19H35ClO4. The molecule has 142 valence electrons. The van der Waals surface area contributed by atoms with Crippen molar-refractivity contribution >= 4 is 23.4 Å². The summed E-state index contributed by atoms with van der Waals surface area (Å²) in [5.41, 5.74) is 0. The van der Waals surface area contributed by atoms with Crippen LogP contribution in [0.15, 0.2) is 0 Å². The van der Waals surface area contributed by atoms with E-state index < -0.39 is 10.8 Å². The number of alkyl halides is 1. The standard InChI is InChI=1S/C19H35ClO4/c1-3-4-7-11-17(22)12-10-15-19(20,16(2)21)14-9-6-5-8-13-18(23)24/h17,22H,3-15H2,1-2H3,(H,23,24)/t17-,19?/m1/s1. The minimum Gasteiger partial charge on any atom is -0.481 e. The second-order valence-corrected chi connectivity index (χ2v) is 7.59. The minimum atomic E-state index is -0.823. The van der Waals surface area contributed by atoms with Gasteiger partial charge in [-0.2, -0.15) is 0 Å². The number of hydrogen-bond donors (Lipinski definition) is 2. The van der Waals surface area contributed by atoms with E-state index in [9.17, 15) is 14.7 Å². The summed E-state index contributed by atoms with van der Waals surface area (Å²) in [6.07, 6.45) is 10.0. The summed E-state index contributed by atoms with van der Waals surface area (Å²) in [6.45, 7) is 3.68. The predicted molar refractivity (Wildman–Crippen MR) is 98.6 cm³/mol. The summed E-state index contributed by atoms with van der Waals surface area (Å²) >= 11 is 6.52. The zero-order chi connectivity index (χ0) is 18.4. The second kappa shape index (κ2) is 13.7. The molecule has 4 nitrogen and oxygen atoms in total. The first-order chi connectivity index (χ1) is 11.3. The van der Waals surface area contributed by atoms with E-state index in [0.29, 0.717) is 25.7 Å². The summed E-state index contributed by atoms with van der Waals surface area (Å²) in [4.78, 5) is 21.5. The van der Waals surface area contributed by atoms with Crippen LogP contribution in [0.3, 0.4) is 0 Å². The highest BCUT2D eigenvalue weighted by molar-refractivity contribution is 6.34. The van der Waals surface area contributed by atoms with Crippen LogP contribution in [0.2, 0.25) is 0 Å². The van der Waals surface area contributed by atoms with Crippen molar-refractivity contribution in [1.29, 1.82) is 0 Å². The van der Waals surface area contributed by atoms with Crippen LogP contribution in [0.4, 0.5) is 0 Å². The van der Waals surface area contributed by atoms with Gasteiger partial charge in [-0.3, -0.25) is 9.59 Å². The Morgan fingerprint density at radius 3 is 2.12 bits per heavy atom. The van der Waals surface area contributed by atoms with Crippen molar-refractivity contribution < 1.29 is 19.8 Å². The van der Waals surface area contributed by atoms with Gasteiger partial charge in [-0.15, -0.1) is 11.6 Å². The Labute approximate surface area is 152 Å². The highest BCUT2D eigenvalue weighted by Crippen LogP contribution is 2.31. The molecule has 0 spiro atoms. The molecule has 0 aliphatic rings. The Morgan fingerprint density at radius 1 is 0.958 bits per heavy atom. The Bertz CT molecular complexity index is 359. The molecule has 0 saturated carbocycles. The fourth-order valence-electron chi connectivity index (χ4n) is 2.90. The van der Waals surface area contributed by atoms with Crippen LogP contribution in [0.5, 0.6) is 0 Å². The van der Waals surface area contributed by atoms with Crippen molar-refractivity contribution in [3.05, 3.63) is 0 Å². The summed E-state index contributed by atoms with van der Waals surface area (Å²) in [5.74, 6) is -0.766. The molecule has 0 aliphatic carbocycles. The molecular weight excluding hydrogens is 328 g/mol. The molecule has 5 heteroatoms. The molecule has 2 atom stereocenters. The van der Waals surface area contributed by atoms with Crippen LogP contribution in [0.25, 0.3) is 0 Å². The molecule has 24 heavy (non-hydrogen) atoms. The van der Waals surface area contributed by atoms with E-state index in [2.05, 4.69) is 6.92 Å². The highest BCUT2D eigenvalue weighted by Gasteiger charge is 2.31. The van der Waals surface area contributed by atoms with Gasteiger partial charge < -0.3 is 10.2 Å². The largest absolute Gasteiger partial charge is 0.481 e. The van der Waals surface area contributed by atoms with Gasteiger partial charge in [0.15, 0.2) is 5.78 Å².